The van der Waals surface area contributed by atoms with Crippen LogP contribution in [0.2, 0.25) is 0 Å². The lowest BCUT2D eigenvalue weighted by Crippen LogP contribution is -2.56. The van der Waals surface area contributed by atoms with Crippen molar-refractivity contribution in [3.8, 4) is 0 Å². The van der Waals surface area contributed by atoms with Crippen molar-refractivity contribution in [3.63, 3.8) is 0 Å². The number of hydrogen-bond acceptors (Lipinski definition) is 6. The van der Waals surface area contributed by atoms with Crippen LogP contribution in [0.3, 0.4) is 0 Å². The lowest BCUT2D eigenvalue weighted by Gasteiger charge is -2.23. The molecule has 0 aliphatic carbocycles. The Balaban J connectivity index is 1.92. The van der Waals surface area contributed by atoms with E-state index in [9.17, 15) is 28.8 Å². The smallest absolute Gasteiger partial charge is 0.408 e. The summed E-state index contributed by atoms with van der Waals surface area (Å²) in [6, 6.07) is 14.6. The van der Waals surface area contributed by atoms with E-state index >= 15 is 0 Å². The van der Waals surface area contributed by atoms with Crippen LogP contribution in [0.25, 0.3) is 0 Å². The number of alkyl carbamates (subject to hydrolysis) is 1. The molecule has 4 N–H and O–H groups in total. The minimum atomic E-state index is -1.44. The third-order valence-corrected chi connectivity index (χ3v) is 5.87. The summed E-state index contributed by atoms with van der Waals surface area (Å²) < 4.78 is 17.4. The van der Waals surface area contributed by atoms with Gasteiger partial charge >= 0.3 is 12.1 Å². The van der Waals surface area contributed by atoms with E-state index in [0.29, 0.717) is 4.90 Å². The second-order valence-electron chi connectivity index (χ2n) is 6.98. The van der Waals surface area contributed by atoms with Gasteiger partial charge in [-0.2, -0.15) is 0 Å². The predicted octanol–water partition coefficient (Wildman–Crippen LogP) is 1.43. The van der Waals surface area contributed by atoms with Crippen molar-refractivity contribution < 1.29 is 33.5 Å². The van der Waals surface area contributed by atoms with Crippen LogP contribution in [-0.2, 0) is 31.7 Å². The Morgan fingerprint density at radius 3 is 2.16 bits per heavy atom. The zero-order valence-corrected chi connectivity index (χ0v) is 18.3. The largest absolute Gasteiger partial charge is 0.480 e. The summed E-state index contributed by atoms with van der Waals surface area (Å²) in [5.41, 5.74) is 0.734. The number of carbonyl (C=O) groups excluding carboxylic acids is 2. The standard InChI is InChI=1S/C22H26N2O7S/c1-15(25)19(24-22(29)31-14-16-8-4-2-5-9-16)20(26)23-18(21(27)28)12-13-32(30)17-10-6-3-7-11-17/h2-11,15,18-19,25H,12-14H2,1H3,(H,23,26)(H,24,29)(H,27,28)/t15-,18-,19+,32+/m1/s1. The fourth-order valence-electron chi connectivity index (χ4n) is 2.73. The summed E-state index contributed by atoms with van der Waals surface area (Å²) >= 11 is 0. The third kappa shape index (κ3) is 8.12. The Hall–Kier alpha value is -3.24. The van der Waals surface area contributed by atoms with Crippen LogP contribution < -0.4 is 10.6 Å². The molecule has 0 unspecified atom stereocenters. The molecular formula is C22H26N2O7S. The maximum absolute atomic E-state index is 12.5. The van der Waals surface area contributed by atoms with Crippen LogP contribution in [0.5, 0.6) is 0 Å². The molecule has 0 fully saturated rings. The van der Waals surface area contributed by atoms with E-state index in [2.05, 4.69) is 10.6 Å². The first-order chi connectivity index (χ1) is 15.3. The predicted molar refractivity (Wildman–Crippen MR) is 117 cm³/mol. The summed E-state index contributed by atoms with van der Waals surface area (Å²) in [7, 11) is -1.44. The van der Waals surface area contributed by atoms with Gasteiger partial charge in [-0.05, 0) is 31.0 Å². The second-order valence-corrected chi connectivity index (χ2v) is 8.55. The van der Waals surface area contributed by atoms with Crippen LogP contribution in [-0.4, -0.2) is 56.3 Å². The van der Waals surface area contributed by atoms with Crippen molar-refractivity contribution in [1.82, 2.24) is 10.6 Å². The first-order valence-corrected chi connectivity index (χ1v) is 11.2. The highest BCUT2D eigenvalue weighted by atomic mass is 32.2. The van der Waals surface area contributed by atoms with E-state index in [4.69, 9.17) is 4.74 Å². The van der Waals surface area contributed by atoms with Gasteiger partial charge in [0.2, 0.25) is 5.91 Å². The van der Waals surface area contributed by atoms with Gasteiger partial charge in [0.05, 0.1) is 16.9 Å². The molecule has 0 heterocycles. The maximum atomic E-state index is 12.5. The van der Waals surface area contributed by atoms with E-state index in [0.717, 1.165) is 5.56 Å². The van der Waals surface area contributed by atoms with Gasteiger partial charge < -0.3 is 25.6 Å². The van der Waals surface area contributed by atoms with Crippen LogP contribution in [0.1, 0.15) is 18.9 Å². The summed E-state index contributed by atoms with van der Waals surface area (Å²) in [6.45, 7) is 1.24. The number of aliphatic carboxylic acids is 1. The number of hydrogen-bond donors (Lipinski definition) is 4. The number of benzene rings is 2. The molecule has 32 heavy (non-hydrogen) atoms. The number of carboxylic acid groups (broad SMARTS) is 1. The Morgan fingerprint density at radius 1 is 1.00 bits per heavy atom. The highest BCUT2D eigenvalue weighted by Crippen LogP contribution is 2.09. The number of aliphatic hydroxyl groups excluding tert-OH is 1. The molecule has 0 bridgehead atoms. The molecule has 0 saturated heterocycles. The molecule has 0 aromatic heterocycles. The second kappa shape index (κ2) is 12.6. The van der Waals surface area contributed by atoms with Gasteiger partial charge in [0.15, 0.2) is 0 Å². The SMILES string of the molecule is C[C@@H](O)[C@H](NC(=O)OCc1ccccc1)C(=O)N[C@H](CC[S@](=O)c1ccccc1)C(=O)O. The number of rotatable bonds is 11. The van der Waals surface area contributed by atoms with Gasteiger partial charge in [-0.25, -0.2) is 9.59 Å². The number of aliphatic hydroxyl groups is 1. The first kappa shape index (κ1) is 25.0. The molecule has 0 aliphatic rings. The van der Waals surface area contributed by atoms with Gasteiger partial charge in [0.25, 0.3) is 0 Å². The van der Waals surface area contributed by atoms with Crippen molar-refractivity contribution in [2.24, 2.45) is 0 Å². The first-order valence-electron chi connectivity index (χ1n) is 9.89. The molecule has 2 aromatic carbocycles. The van der Waals surface area contributed by atoms with Crippen LogP contribution >= 0.6 is 0 Å². The molecule has 0 radical (unpaired) electrons. The fourth-order valence-corrected chi connectivity index (χ4v) is 3.88. The third-order valence-electron chi connectivity index (χ3n) is 4.46. The van der Waals surface area contributed by atoms with Crippen molar-refractivity contribution in [2.75, 3.05) is 5.75 Å². The zero-order chi connectivity index (χ0) is 23.5. The molecule has 0 spiro atoms. The van der Waals surface area contributed by atoms with Crippen LogP contribution in [0.4, 0.5) is 4.79 Å². The molecular weight excluding hydrogens is 436 g/mol. The molecule has 9 nitrogen and oxygen atoms in total. The van der Waals surface area contributed by atoms with Crippen molar-refractivity contribution in [2.45, 2.75) is 43.0 Å². The average molecular weight is 463 g/mol. The molecule has 0 saturated carbocycles. The molecule has 4 atom stereocenters. The lowest BCUT2D eigenvalue weighted by atomic mass is 10.1. The monoisotopic (exact) mass is 462 g/mol. The highest BCUT2D eigenvalue weighted by molar-refractivity contribution is 7.85. The average Bonchev–Trinajstić information content (AvgIpc) is 2.79. The van der Waals surface area contributed by atoms with E-state index in [-0.39, 0.29) is 18.8 Å². The molecule has 2 aromatic rings. The van der Waals surface area contributed by atoms with Crippen LogP contribution in [0, 0.1) is 0 Å². The number of nitrogens with one attached hydrogen (secondary N) is 2. The fraction of sp³-hybridized carbons (Fsp3) is 0.318. The Labute approximate surface area is 188 Å². The quantitative estimate of drug-likeness (QED) is 0.396. The minimum Gasteiger partial charge on any atom is -0.480 e. The van der Waals surface area contributed by atoms with E-state index in [1.165, 1.54) is 6.92 Å². The van der Waals surface area contributed by atoms with Gasteiger partial charge in [0, 0.05) is 10.6 Å². The van der Waals surface area contributed by atoms with Crippen LogP contribution in [0.15, 0.2) is 65.6 Å². The van der Waals surface area contributed by atoms with Crippen molar-refractivity contribution in [3.05, 3.63) is 66.2 Å². The Bertz CT molecular complexity index is 922. The topological polar surface area (TPSA) is 142 Å². The van der Waals surface area contributed by atoms with Crippen molar-refractivity contribution >= 4 is 28.8 Å². The normalized spacial score (nSPS) is 14.4. The van der Waals surface area contributed by atoms with Crippen molar-refractivity contribution in [1.29, 1.82) is 0 Å². The lowest BCUT2D eigenvalue weighted by molar-refractivity contribution is -0.142. The molecule has 10 heteroatoms. The van der Waals surface area contributed by atoms with E-state index < -0.39 is 47.0 Å². The molecule has 2 amide bonds. The van der Waals surface area contributed by atoms with Gasteiger partial charge in [0.1, 0.15) is 18.7 Å². The van der Waals surface area contributed by atoms with Gasteiger partial charge in [-0.15, -0.1) is 0 Å². The van der Waals surface area contributed by atoms with E-state index in [1.807, 2.05) is 6.07 Å². The summed E-state index contributed by atoms with van der Waals surface area (Å²) in [6.07, 6.45) is -2.35. The molecule has 0 aliphatic heterocycles. The Kier molecular flexibility index (Phi) is 9.83. The number of ether oxygens (including phenoxy) is 1. The number of carbonyl (C=O) groups is 3. The summed E-state index contributed by atoms with van der Waals surface area (Å²) in [5, 5.41) is 23.9. The summed E-state index contributed by atoms with van der Waals surface area (Å²) in [4.78, 5) is 36.7. The molecule has 2 rings (SSSR count). The summed E-state index contributed by atoms with van der Waals surface area (Å²) in [5.74, 6) is -2.21. The van der Waals surface area contributed by atoms with Gasteiger partial charge in [-0.1, -0.05) is 48.5 Å². The van der Waals surface area contributed by atoms with Gasteiger partial charge in [-0.3, -0.25) is 9.00 Å². The number of amides is 2. The molecule has 172 valence electrons. The maximum Gasteiger partial charge on any atom is 0.408 e. The zero-order valence-electron chi connectivity index (χ0n) is 17.5. The Morgan fingerprint density at radius 2 is 1.59 bits per heavy atom. The minimum absolute atomic E-state index is 0.00709. The van der Waals surface area contributed by atoms with E-state index in [1.54, 1.807) is 54.6 Å². The highest BCUT2D eigenvalue weighted by Gasteiger charge is 2.30. The number of carboxylic acids is 1.